The summed E-state index contributed by atoms with van der Waals surface area (Å²) in [5.74, 6) is -2.51. The summed E-state index contributed by atoms with van der Waals surface area (Å²) in [6.07, 6.45) is -0.880. The smallest absolute Gasteiger partial charge is 0.407 e. The number of nitrogens with one attached hydrogen (secondary N) is 2. The van der Waals surface area contributed by atoms with Crippen LogP contribution < -0.4 is 10.6 Å². The molecule has 0 bridgehead atoms. The lowest BCUT2D eigenvalue weighted by Gasteiger charge is -2.21. The molecule has 0 radical (unpaired) electrons. The van der Waals surface area contributed by atoms with Crippen LogP contribution in [0.25, 0.3) is 0 Å². The van der Waals surface area contributed by atoms with Gasteiger partial charge in [0.05, 0.1) is 22.1 Å². The Morgan fingerprint density at radius 3 is 2.37 bits per heavy atom. The molecule has 0 aliphatic rings. The number of alkyl carbamates (subject to hydrolysis) is 1. The minimum atomic E-state index is -1.56. The fourth-order valence-corrected chi connectivity index (χ4v) is 2.43. The van der Waals surface area contributed by atoms with Crippen molar-refractivity contribution in [3.8, 4) is 0 Å². The zero-order valence-corrected chi connectivity index (χ0v) is 16.1. The van der Waals surface area contributed by atoms with E-state index in [9.17, 15) is 29.6 Å². The average molecular weight is 422 g/mol. The first-order valence-corrected chi connectivity index (χ1v) is 8.22. The first-order chi connectivity index (χ1) is 12.3. The first kappa shape index (κ1) is 22.5. The van der Waals surface area contributed by atoms with Crippen molar-refractivity contribution in [2.24, 2.45) is 0 Å². The Bertz CT molecular complexity index is 777. The van der Waals surface area contributed by atoms with Gasteiger partial charge in [0.1, 0.15) is 16.7 Å². The van der Waals surface area contributed by atoms with Crippen LogP contribution in [-0.4, -0.2) is 46.2 Å². The van der Waals surface area contributed by atoms with Gasteiger partial charge >= 0.3 is 12.1 Å². The van der Waals surface area contributed by atoms with Gasteiger partial charge < -0.3 is 20.5 Å². The van der Waals surface area contributed by atoms with Gasteiger partial charge in [0.2, 0.25) is 0 Å². The van der Waals surface area contributed by atoms with Gasteiger partial charge in [-0.15, -0.1) is 0 Å². The second-order valence-corrected chi connectivity index (χ2v) is 7.04. The summed E-state index contributed by atoms with van der Waals surface area (Å²) >= 11 is 11.7. The van der Waals surface area contributed by atoms with E-state index in [4.69, 9.17) is 27.9 Å². The maximum Gasteiger partial charge on any atom is 0.407 e. The molecular weight excluding hydrogens is 405 g/mol. The van der Waals surface area contributed by atoms with Crippen molar-refractivity contribution in [3.05, 3.63) is 37.9 Å². The monoisotopic (exact) mass is 421 g/mol. The van der Waals surface area contributed by atoms with Crippen LogP contribution in [0, 0.1) is 10.1 Å². The van der Waals surface area contributed by atoms with Gasteiger partial charge in [0.25, 0.3) is 11.6 Å². The van der Waals surface area contributed by atoms with Crippen molar-refractivity contribution >= 4 is 46.9 Å². The summed E-state index contributed by atoms with van der Waals surface area (Å²) in [7, 11) is 0. The van der Waals surface area contributed by atoms with E-state index in [-0.39, 0.29) is 5.02 Å². The van der Waals surface area contributed by atoms with E-state index in [1.54, 1.807) is 20.8 Å². The summed E-state index contributed by atoms with van der Waals surface area (Å²) < 4.78 is 4.96. The van der Waals surface area contributed by atoms with Crippen molar-refractivity contribution in [2.75, 3.05) is 6.54 Å². The summed E-state index contributed by atoms with van der Waals surface area (Å²) in [6.45, 7) is 4.36. The number of aliphatic carboxylic acids is 1. The number of halogens is 2. The van der Waals surface area contributed by atoms with Crippen molar-refractivity contribution < 1.29 is 29.2 Å². The number of carbonyl (C=O) groups is 3. The number of nitro groups is 1. The Balaban J connectivity index is 2.94. The van der Waals surface area contributed by atoms with Crippen LogP contribution in [0.3, 0.4) is 0 Å². The number of benzene rings is 1. The van der Waals surface area contributed by atoms with Gasteiger partial charge in [-0.25, -0.2) is 9.59 Å². The standard InChI is InChI=1S/C15H17Cl2N3O7/c1-15(2,3)27-14(24)18-6-8(13(22)23)19-12(21)10-7(16)4-5-9(11(10)17)20(25)26/h4-5,8H,6H2,1-3H3,(H,18,24)(H,19,21)(H,22,23). The highest BCUT2D eigenvalue weighted by atomic mass is 35.5. The van der Waals surface area contributed by atoms with E-state index in [0.29, 0.717) is 0 Å². The maximum atomic E-state index is 12.3. The third-order valence-electron chi connectivity index (χ3n) is 2.95. The molecule has 1 aromatic carbocycles. The highest BCUT2D eigenvalue weighted by Crippen LogP contribution is 2.33. The number of hydrogen-bond donors (Lipinski definition) is 3. The molecule has 0 heterocycles. The molecule has 3 N–H and O–H groups in total. The van der Waals surface area contributed by atoms with Crippen LogP contribution in [0.5, 0.6) is 0 Å². The van der Waals surface area contributed by atoms with Gasteiger partial charge in [0.15, 0.2) is 0 Å². The minimum absolute atomic E-state index is 0.202. The Kier molecular flexibility index (Phi) is 7.37. The van der Waals surface area contributed by atoms with Crippen LogP contribution in [0.2, 0.25) is 10.0 Å². The molecule has 12 heteroatoms. The number of carboxylic acids is 1. The summed E-state index contributed by atoms with van der Waals surface area (Å²) in [5.41, 5.74) is -1.81. The Morgan fingerprint density at radius 2 is 1.89 bits per heavy atom. The maximum absolute atomic E-state index is 12.3. The van der Waals surface area contributed by atoms with Crippen LogP contribution in [0.4, 0.5) is 10.5 Å². The number of carboxylic acid groups (broad SMARTS) is 1. The molecule has 0 spiro atoms. The number of nitro benzene ring substituents is 1. The number of ether oxygens (including phenoxy) is 1. The molecule has 2 amide bonds. The Morgan fingerprint density at radius 1 is 1.30 bits per heavy atom. The highest BCUT2D eigenvalue weighted by molar-refractivity contribution is 6.41. The number of carbonyl (C=O) groups excluding carboxylic acids is 2. The molecule has 1 aromatic rings. The zero-order chi connectivity index (χ0) is 20.9. The quantitative estimate of drug-likeness (QED) is 0.471. The lowest BCUT2D eigenvalue weighted by Crippen LogP contribution is -2.49. The van der Waals surface area contributed by atoms with E-state index in [0.717, 1.165) is 12.1 Å². The zero-order valence-electron chi connectivity index (χ0n) is 14.5. The minimum Gasteiger partial charge on any atom is -0.480 e. The predicted octanol–water partition coefficient (Wildman–Crippen LogP) is 2.61. The number of nitrogens with zero attached hydrogens (tertiary/aromatic N) is 1. The number of rotatable bonds is 6. The summed E-state index contributed by atoms with van der Waals surface area (Å²) in [6, 6.07) is 0.548. The first-order valence-electron chi connectivity index (χ1n) is 7.46. The van der Waals surface area contributed by atoms with E-state index < -0.39 is 57.4 Å². The Hall–Kier alpha value is -2.59. The molecule has 10 nitrogen and oxygen atoms in total. The van der Waals surface area contributed by atoms with E-state index in [1.807, 2.05) is 0 Å². The third kappa shape index (κ3) is 6.57. The molecule has 0 aromatic heterocycles. The predicted molar refractivity (Wildman–Crippen MR) is 96.2 cm³/mol. The van der Waals surface area contributed by atoms with Gasteiger partial charge in [-0.05, 0) is 26.8 Å². The van der Waals surface area contributed by atoms with Gasteiger partial charge in [-0.3, -0.25) is 14.9 Å². The third-order valence-corrected chi connectivity index (χ3v) is 3.64. The molecule has 1 unspecified atom stereocenters. The van der Waals surface area contributed by atoms with Crippen LogP contribution in [-0.2, 0) is 9.53 Å². The number of hydrogen-bond acceptors (Lipinski definition) is 6. The molecule has 0 saturated heterocycles. The molecule has 1 atom stereocenters. The molecule has 27 heavy (non-hydrogen) atoms. The highest BCUT2D eigenvalue weighted by Gasteiger charge is 2.28. The molecule has 0 saturated carbocycles. The molecule has 0 aliphatic heterocycles. The fraction of sp³-hybridized carbons (Fsp3) is 0.400. The van der Waals surface area contributed by atoms with Gasteiger partial charge in [0, 0.05) is 6.07 Å². The van der Waals surface area contributed by atoms with Gasteiger partial charge in [-0.1, -0.05) is 23.2 Å². The SMILES string of the molecule is CC(C)(C)OC(=O)NCC(NC(=O)c1c(Cl)ccc([N+](=O)[O-])c1Cl)C(=O)O. The van der Waals surface area contributed by atoms with E-state index in [1.165, 1.54) is 0 Å². The second-order valence-electron chi connectivity index (χ2n) is 6.26. The molecule has 0 fully saturated rings. The van der Waals surface area contributed by atoms with E-state index >= 15 is 0 Å². The van der Waals surface area contributed by atoms with Gasteiger partial charge in [-0.2, -0.15) is 0 Å². The largest absolute Gasteiger partial charge is 0.480 e. The van der Waals surface area contributed by atoms with Crippen molar-refractivity contribution in [3.63, 3.8) is 0 Å². The Labute approximate surface area is 163 Å². The topological polar surface area (TPSA) is 148 Å². The van der Waals surface area contributed by atoms with Crippen LogP contribution in [0.15, 0.2) is 12.1 Å². The normalized spacial score (nSPS) is 12.0. The van der Waals surface area contributed by atoms with E-state index in [2.05, 4.69) is 10.6 Å². The molecule has 148 valence electrons. The second kappa shape index (κ2) is 8.87. The van der Waals surface area contributed by atoms with Crippen molar-refractivity contribution in [2.45, 2.75) is 32.4 Å². The molecule has 1 rings (SSSR count). The summed E-state index contributed by atoms with van der Waals surface area (Å²) in [4.78, 5) is 45.4. The van der Waals surface area contributed by atoms with Crippen LogP contribution >= 0.6 is 23.2 Å². The van der Waals surface area contributed by atoms with Crippen molar-refractivity contribution in [1.82, 2.24) is 10.6 Å². The lowest BCUT2D eigenvalue weighted by atomic mass is 10.1. The molecular formula is C15H17Cl2N3O7. The number of amides is 2. The fourth-order valence-electron chi connectivity index (χ4n) is 1.82. The van der Waals surface area contributed by atoms with Crippen molar-refractivity contribution in [1.29, 1.82) is 0 Å². The molecule has 0 aliphatic carbocycles. The lowest BCUT2D eigenvalue weighted by molar-refractivity contribution is -0.384. The van der Waals surface area contributed by atoms with Crippen LogP contribution in [0.1, 0.15) is 31.1 Å². The average Bonchev–Trinajstić information content (AvgIpc) is 2.48. The summed E-state index contributed by atoms with van der Waals surface area (Å²) in [5, 5.41) is 23.7.